The molecule has 130 valence electrons. The summed E-state index contributed by atoms with van der Waals surface area (Å²) in [5.41, 5.74) is 0.537. The molecule has 0 fully saturated rings. The van der Waals surface area contributed by atoms with Gasteiger partial charge in [-0.05, 0) is 35.0 Å². The van der Waals surface area contributed by atoms with Gasteiger partial charge in [0.15, 0.2) is 0 Å². The van der Waals surface area contributed by atoms with E-state index in [0.29, 0.717) is 5.56 Å². The molecule has 0 saturated carbocycles. The predicted molar refractivity (Wildman–Crippen MR) is 95.4 cm³/mol. The molecule has 0 radical (unpaired) electrons. The molecule has 1 aromatic heterocycles. The number of carbonyl (C=O) groups is 1. The van der Waals surface area contributed by atoms with Crippen LogP contribution in [0.25, 0.3) is 10.1 Å². The molecule has 8 heteroatoms. The van der Waals surface area contributed by atoms with Crippen LogP contribution in [0.15, 0.2) is 58.8 Å². The second-order valence-electron chi connectivity index (χ2n) is 5.39. The highest BCUT2D eigenvalue weighted by Crippen LogP contribution is 2.30. The van der Waals surface area contributed by atoms with Crippen molar-refractivity contribution < 1.29 is 23.4 Å². The van der Waals surface area contributed by atoms with Crippen LogP contribution < -0.4 is 4.72 Å². The van der Waals surface area contributed by atoms with Gasteiger partial charge in [-0.15, -0.1) is 11.3 Å². The molecular weight excluding hydrogens is 362 g/mol. The zero-order valence-corrected chi connectivity index (χ0v) is 14.5. The molecule has 3 rings (SSSR count). The van der Waals surface area contributed by atoms with Crippen molar-refractivity contribution in [3.63, 3.8) is 0 Å². The Morgan fingerprint density at radius 2 is 1.92 bits per heavy atom. The van der Waals surface area contributed by atoms with Crippen molar-refractivity contribution in [2.45, 2.75) is 11.0 Å². The largest absolute Gasteiger partial charge is 0.478 e. The third kappa shape index (κ3) is 3.72. The topological polar surface area (TPSA) is 104 Å². The van der Waals surface area contributed by atoms with Crippen LogP contribution in [-0.4, -0.2) is 31.1 Å². The summed E-state index contributed by atoms with van der Waals surface area (Å²) in [6, 6.07) is 12.6. The van der Waals surface area contributed by atoms with E-state index >= 15 is 0 Å². The molecule has 0 amide bonds. The van der Waals surface area contributed by atoms with E-state index in [-0.39, 0.29) is 17.0 Å². The summed E-state index contributed by atoms with van der Waals surface area (Å²) in [5.74, 6) is -1.21. The standard InChI is InChI=1S/C17H15NO5S2/c19-15(14-10-24-16-7-2-1-6-13(14)16)9-18-25(22,23)12-5-3-4-11(8-12)17(20)21/h1-8,10,15,18-19H,9H2,(H,20,21). The first-order chi connectivity index (χ1) is 11.9. The zero-order valence-electron chi connectivity index (χ0n) is 12.9. The third-order valence-electron chi connectivity index (χ3n) is 3.73. The van der Waals surface area contributed by atoms with Crippen LogP contribution in [0.4, 0.5) is 0 Å². The van der Waals surface area contributed by atoms with Gasteiger partial charge >= 0.3 is 5.97 Å². The Balaban J connectivity index is 1.78. The van der Waals surface area contributed by atoms with Crippen molar-refractivity contribution >= 4 is 37.4 Å². The summed E-state index contributed by atoms with van der Waals surface area (Å²) in [7, 11) is -3.93. The smallest absolute Gasteiger partial charge is 0.335 e. The molecule has 0 saturated heterocycles. The number of thiophene rings is 1. The summed E-state index contributed by atoms with van der Waals surface area (Å²) in [5, 5.41) is 22.0. The molecule has 0 spiro atoms. The number of aliphatic hydroxyl groups is 1. The first-order valence-electron chi connectivity index (χ1n) is 7.36. The molecule has 1 unspecified atom stereocenters. The van der Waals surface area contributed by atoms with Crippen LogP contribution in [0.1, 0.15) is 22.0 Å². The molecule has 3 N–H and O–H groups in total. The van der Waals surface area contributed by atoms with Gasteiger partial charge in [-0.3, -0.25) is 0 Å². The fourth-order valence-electron chi connectivity index (χ4n) is 2.43. The van der Waals surface area contributed by atoms with E-state index in [1.54, 1.807) is 5.38 Å². The van der Waals surface area contributed by atoms with Gasteiger partial charge in [0, 0.05) is 16.8 Å². The Bertz CT molecular complexity index is 1030. The van der Waals surface area contributed by atoms with Crippen molar-refractivity contribution in [1.82, 2.24) is 4.72 Å². The van der Waals surface area contributed by atoms with Crippen LogP contribution in [0, 0.1) is 0 Å². The van der Waals surface area contributed by atoms with E-state index < -0.39 is 22.1 Å². The number of carboxylic acid groups (broad SMARTS) is 1. The lowest BCUT2D eigenvalue weighted by Crippen LogP contribution is -2.28. The lowest BCUT2D eigenvalue weighted by atomic mass is 10.1. The van der Waals surface area contributed by atoms with Gasteiger partial charge in [-0.25, -0.2) is 17.9 Å². The number of benzene rings is 2. The van der Waals surface area contributed by atoms with E-state index in [9.17, 15) is 18.3 Å². The summed E-state index contributed by atoms with van der Waals surface area (Å²) < 4.78 is 28.0. The zero-order chi connectivity index (χ0) is 18.0. The van der Waals surface area contributed by atoms with Gasteiger partial charge in [0.2, 0.25) is 10.0 Å². The molecule has 0 aliphatic heterocycles. The highest BCUT2D eigenvalue weighted by molar-refractivity contribution is 7.89. The van der Waals surface area contributed by atoms with Crippen LogP contribution in [0.3, 0.4) is 0 Å². The molecule has 1 atom stereocenters. The van der Waals surface area contributed by atoms with E-state index in [2.05, 4.69) is 4.72 Å². The number of carboxylic acids is 1. The molecule has 25 heavy (non-hydrogen) atoms. The minimum absolute atomic E-state index is 0.118. The Labute approximate surface area is 148 Å². The van der Waals surface area contributed by atoms with E-state index in [1.807, 2.05) is 24.3 Å². The number of hydrogen-bond acceptors (Lipinski definition) is 5. The van der Waals surface area contributed by atoms with Crippen LogP contribution in [-0.2, 0) is 10.0 Å². The lowest BCUT2D eigenvalue weighted by Gasteiger charge is -2.12. The second-order valence-corrected chi connectivity index (χ2v) is 8.07. The van der Waals surface area contributed by atoms with E-state index in [4.69, 9.17) is 5.11 Å². The number of aliphatic hydroxyl groups excluding tert-OH is 1. The average Bonchev–Trinajstić information content (AvgIpc) is 3.04. The highest BCUT2D eigenvalue weighted by atomic mass is 32.2. The lowest BCUT2D eigenvalue weighted by molar-refractivity contribution is 0.0696. The Hall–Kier alpha value is -2.26. The van der Waals surface area contributed by atoms with Gasteiger partial charge in [-0.1, -0.05) is 24.3 Å². The Morgan fingerprint density at radius 1 is 1.16 bits per heavy atom. The Kier molecular flexibility index (Phi) is 4.87. The number of fused-ring (bicyclic) bond motifs is 1. The van der Waals surface area contributed by atoms with Crippen molar-refractivity contribution in [2.24, 2.45) is 0 Å². The molecule has 0 aliphatic carbocycles. The van der Waals surface area contributed by atoms with Crippen molar-refractivity contribution in [3.8, 4) is 0 Å². The molecule has 0 aliphatic rings. The first-order valence-corrected chi connectivity index (χ1v) is 9.72. The monoisotopic (exact) mass is 377 g/mol. The SMILES string of the molecule is O=C(O)c1cccc(S(=O)(=O)NCC(O)c2csc3ccccc23)c1. The van der Waals surface area contributed by atoms with Crippen LogP contribution >= 0.6 is 11.3 Å². The van der Waals surface area contributed by atoms with Crippen molar-refractivity contribution in [2.75, 3.05) is 6.54 Å². The summed E-state index contributed by atoms with van der Waals surface area (Å²) in [6.45, 7) is -0.208. The number of rotatable bonds is 6. The fourth-order valence-corrected chi connectivity index (χ4v) is 4.53. The molecule has 2 aromatic carbocycles. The van der Waals surface area contributed by atoms with Crippen LogP contribution in [0.5, 0.6) is 0 Å². The molecule has 1 heterocycles. The Morgan fingerprint density at radius 3 is 2.68 bits per heavy atom. The maximum Gasteiger partial charge on any atom is 0.335 e. The van der Waals surface area contributed by atoms with E-state index in [1.165, 1.54) is 29.5 Å². The van der Waals surface area contributed by atoms with E-state index in [0.717, 1.165) is 16.2 Å². The minimum atomic E-state index is -3.93. The second kappa shape index (κ2) is 6.93. The van der Waals surface area contributed by atoms with Gasteiger partial charge < -0.3 is 10.2 Å². The summed E-state index contributed by atoms with van der Waals surface area (Å²) in [6.07, 6.45) is -1.01. The van der Waals surface area contributed by atoms with Crippen molar-refractivity contribution in [3.05, 3.63) is 65.0 Å². The maximum absolute atomic E-state index is 12.3. The minimum Gasteiger partial charge on any atom is -0.478 e. The van der Waals surface area contributed by atoms with Crippen LogP contribution in [0.2, 0.25) is 0 Å². The number of aromatic carboxylic acids is 1. The first kappa shape index (κ1) is 17.6. The number of nitrogens with one attached hydrogen (secondary N) is 1. The normalized spacial score (nSPS) is 13.0. The summed E-state index contributed by atoms with van der Waals surface area (Å²) in [4.78, 5) is 10.8. The molecule has 6 nitrogen and oxygen atoms in total. The van der Waals surface area contributed by atoms with Gasteiger partial charge in [0.05, 0.1) is 16.6 Å². The van der Waals surface area contributed by atoms with Gasteiger partial charge in [-0.2, -0.15) is 0 Å². The maximum atomic E-state index is 12.3. The predicted octanol–water partition coefficient (Wildman–Crippen LogP) is 2.61. The summed E-state index contributed by atoms with van der Waals surface area (Å²) >= 11 is 1.47. The number of sulfonamides is 1. The molecular formula is C17H15NO5S2. The third-order valence-corrected chi connectivity index (χ3v) is 6.13. The quantitative estimate of drug-likeness (QED) is 0.613. The highest BCUT2D eigenvalue weighted by Gasteiger charge is 2.19. The van der Waals surface area contributed by atoms with Crippen molar-refractivity contribution in [1.29, 1.82) is 0 Å². The van der Waals surface area contributed by atoms with Gasteiger partial charge in [0.25, 0.3) is 0 Å². The molecule has 3 aromatic rings. The average molecular weight is 377 g/mol. The molecule has 0 bridgehead atoms. The van der Waals surface area contributed by atoms with Gasteiger partial charge in [0.1, 0.15) is 0 Å². The number of hydrogen-bond donors (Lipinski definition) is 3. The fraction of sp³-hybridized carbons (Fsp3) is 0.118.